The molecule has 0 amide bonds. The van der Waals surface area contributed by atoms with Gasteiger partial charge < -0.3 is 19.5 Å². The van der Waals surface area contributed by atoms with E-state index < -0.39 is 17.3 Å². The molecule has 1 unspecified atom stereocenters. The highest BCUT2D eigenvalue weighted by atomic mass is 35.5. The normalized spacial score (nSPS) is 16.4. The van der Waals surface area contributed by atoms with Crippen molar-refractivity contribution in [2.75, 3.05) is 4.90 Å². The third kappa shape index (κ3) is 11.4. The first-order chi connectivity index (χ1) is 29.5. The maximum atomic E-state index is 13.8. The number of ether oxygens (including phenoxy) is 1. The van der Waals surface area contributed by atoms with Gasteiger partial charge in [-0.25, -0.2) is 15.0 Å². The molecular weight excluding hydrogens is 797 g/mol. The first-order valence-corrected chi connectivity index (χ1v) is 21.4. The van der Waals surface area contributed by atoms with Crippen LogP contribution >= 0.6 is 11.6 Å². The van der Waals surface area contributed by atoms with Crippen molar-refractivity contribution in [3.63, 3.8) is 0 Å². The number of nitrogens with zero attached hydrogens (tertiary/aromatic N) is 5. The van der Waals surface area contributed by atoms with Crippen LogP contribution in [-0.2, 0) is 27.8 Å². The lowest BCUT2D eigenvalue weighted by molar-refractivity contribution is -0.137. The van der Waals surface area contributed by atoms with Gasteiger partial charge in [-0.05, 0) is 80.0 Å². The number of rotatable bonds is 13. The second-order valence-corrected chi connectivity index (χ2v) is 15.4. The van der Waals surface area contributed by atoms with E-state index in [1.807, 2.05) is 85.9 Å². The predicted molar refractivity (Wildman–Crippen MR) is 238 cm³/mol. The molecule has 0 bridgehead atoms. The van der Waals surface area contributed by atoms with Gasteiger partial charge in [0.1, 0.15) is 5.54 Å². The summed E-state index contributed by atoms with van der Waals surface area (Å²) in [6.45, 7) is 12.5. The highest BCUT2D eigenvalue weighted by molar-refractivity contribution is 6.30. The van der Waals surface area contributed by atoms with Crippen LogP contribution in [0.3, 0.4) is 0 Å². The van der Waals surface area contributed by atoms with Crippen LogP contribution in [0.15, 0.2) is 134 Å². The maximum Gasteiger partial charge on any atom is 0.416 e. The van der Waals surface area contributed by atoms with Gasteiger partial charge in [0.25, 0.3) is 6.47 Å². The predicted octanol–water partition coefficient (Wildman–Crippen LogP) is 11.8. The SMILES string of the molecule is CC.CC(C)OC=O.CC[C@@H]1CC(N(Cc2cc(Cl)cc(C(F)(F)F)c2)c2ncc(-c3cn(C(c4ccccc4)(c4ccccc4)c4ccccc4)cn3)cn2)C[C@H](CC)N1. The summed E-state index contributed by atoms with van der Waals surface area (Å²) in [7, 11) is 0. The zero-order valence-electron chi connectivity index (χ0n) is 35.7. The van der Waals surface area contributed by atoms with Crippen molar-refractivity contribution < 1.29 is 22.7 Å². The van der Waals surface area contributed by atoms with E-state index in [0.717, 1.165) is 54.0 Å². The molecular formula is C49H56ClF3N6O2. The first kappa shape index (κ1) is 46.5. The number of carbonyl (C=O) groups excluding carboxylic acids is 1. The van der Waals surface area contributed by atoms with E-state index in [-0.39, 0.29) is 35.8 Å². The Hall–Kier alpha value is -5.52. The minimum Gasteiger partial charge on any atom is -0.465 e. The second kappa shape index (κ2) is 21.8. The summed E-state index contributed by atoms with van der Waals surface area (Å²) in [5, 5.41) is 3.77. The molecule has 4 aromatic carbocycles. The van der Waals surface area contributed by atoms with Crippen molar-refractivity contribution in [3.8, 4) is 11.3 Å². The van der Waals surface area contributed by atoms with Crippen LogP contribution in [0.5, 0.6) is 0 Å². The number of alkyl halides is 3. The summed E-state index contributed by atoms with van der Waals surface area (Å²) in [5.41, 5.74) is 3.62. The zero-order chi connectivity index (χ0) is 44.0. The summed E-state index contributed by atoms with van der Waals surface area (Å²) in [5.74, 6) is 0.450. The molecule has 322 valence electrons. The number of anilines is 1. The van der Waals surface area contributed by atoms with Gasteiger partial charge in [-0.1, -0.05) is 130 Å². The molecule has 1 saturated heterocycles. The van der Waals surface area contributed by atoms with Gasteiger partial charge >= 0.3 is 6.18 Å². The van der Waals surface area contributed by atoms with Crippen molar-refractivity contribution in [2.24, 2.45) is 0 Å². The number of hydrogen-bond donors (Lipinski definition) is 1. The number of nitrogens with one attached hydrogen (secondary N) is 1. The Morgan fingerprint density at radius 3 is 1.74 bits per heavy atom. The van der Waals surface area contributed by atoms with Crippen molar-refractivity contribution in [3.05, 3.63) is 167 Å². The van der Waals surface area contributed by atoms with Crippen LogP contribution in [0.1, 0.15) is 95.0 Å². The largest absolute Gasteiger partial charge is 0.465 e. The molecule has 3 heterocycles. The minimum absolute atomic E-state index is 0.00719. The molecule has 61 heavy (non-hydrogen) atoms. The minimum atomic E-state index is -4.51. The van der Waals surface area contributed by atoms with Gasteiger partial charge in [0.05, 0.1) is 23.7 Å². The summed E-state index contributed by atoms with van der Waals surface area (Å²) < 4.78 is 47.9. The van der Waals surface area contributed by atoms with Crippen LogP contribution in [-0.4, -0.2) is 50.2 Å². The monoisotopic (exact) mass is 852 g/mol. The van der Waals surface area contributed by atoms with Crippen LogP contribution < -0.4 is 10.2 Å². The van der Waals surface area contributed by atoms with Crippen LogP contribution in [0, 0.1) is 0 Å². The van der Waals surface area contributed by atoms with Crippen LogP contribution in [0.2, 0.25) is 5.02 Å². The van der Waals surface area contributed by atoms with Crippen molar-refractivity contribution in [2.45, 2.75) is 110 Å². The number of benzene rings is 4. The van der Waals surface area contributed by atoms with Crippen molar-refractivity contribution in [1.82, 2.24) is 24.8 Å². The Kier molecular flexibility index (Phi) is 16.7. The standard InChI is InChI=1S/C43H42ClF3N6.C4H8O2.C2H6/c1-3-37-23-39(24-38(4-2)51-37)53(27-30-20-35(43(45,46)47)22-36(44)21-30)41-48-25-31(26-49-41)40-28-52(29-50-40)42(32-14-8-5-9-15-32,33-16-10-6-11-17-33)34-18-12-7-13-19-34;1-4(2)6-3-5;1-2/h5-22,25-26,28-29,37-39,51H,3-4,23-24,27H2,1-2H3;3-4H,1-2H3;1-2H3/t37-,38+,39?;;. The number of hydrogen-bond acceptors (Lipinski definition) is 7. The topological polar surface area (TPSA) is 85.2 Å². The van der Waals surface area contributed by atoms with Crippen molar-refractivity contribution in [1.29, 1.82) is 0 Å². The highest BCUT2D eigenvalue weighted by Crippen LogP contribution is 2.41. The summed E-state index contributed by atoms with van der Waals surface area (Å²) in [4.78, 5) is 26.0. The third-order valence-corrected chi connectivity index (χ3v) is 10.9. The van der Waals surface area contributed by atoms with E-state index in [1.54, 1.807) is 32.3 Å². The number of imidazole rings is 1. The Morgan fingerprint density at radius 1 is 0.803 bits per heavy atom. The molecule has 3 atom stereocenters. The number of carbonyl (C=O) groups is 1. The van der Waals surface area contributed by atoms with Gasteiger partial charge in [-0.15, -0.1) is 0 Å². The molecule has 2 aromatic heterocycles. The molecule has 0 saturated carbocycles. The van der Waals surface area contributed by atoms with Crippen molar-refractivity contribution >= 4 is 24.0 Å². The van der Waals surface area contributed by atoms with Gasteiger partial charge in [-0.2, -0.15) is 13.2 Å². The Morgan fingerprint density at radius 2 is 1.31 bits per heavy atom. The number of piperidine rings is 1. The summed E-state index contributed by atoms with van der Waals surface area (Å²) in [6, 6.07) is 35.4. The zero-order valence-corrected chi connectivity index (χ0v) is 36.4. The summed E-state index contributed by atoms with van der Waals surface area (Å²) >= 11 is 6.23. The first-order valence-electron chi connectivity index (χ1n) is 21.0. The molecule has 0 aliphatic carbocycles. The maximum absolute atomic E-state index is 13.8. The molecule has 6 aromatic rings. The Balaban J connectivity index is 0.000000811. The van der Waals surface area contributed by atoms with Gasteiger partial charge in [-0.3, -0.25) is 4.79 Å². The molecule has 1 aliphatic rings. The fraction of sp³-hybridized carbons (Fsp3) is 0.347. The molecule has 0 spiro atoms. The average molecular weight is 853 g/mol. The molecule has 1 aliphatic heterocycles. The van der Waals surface area contributed by atoms with E-state index in [0.29, 0.717) is 23.7 Å². The third-order valence-electron chi connectivity index (χ3n) is 10.7. The van der Waals surface area contributed by atoms with Crippen LogP contribution in [0.25, 0.3) is 11.3 Å². The lowest BCUT2D eigenvalue weighted by atomic mass is 9.77. The van der Waals surface area contributed by atoms with E-state index in [2.05, 4.69) is 64.9 Å². The average Bonchev–Trinajstić information content (AvgIpc) is 3.78. The lowest BCUT2D eigenvalue weighted by Gasteiger charge is -2.41. The van der Waals surface area contributed by atoms with E-state index >= 15 is 0 Å². The van der Waals surface area contributed by atoms with Gasteiger partial charge in [0.2, 0.25) is 5.95 Å². The van der Waals surface area contributed by atoms with E-state index in [9.17, 15) is 18.0 Å². The highest BCUT2D eigenvalue weighted by Gasteiger charge is 2.39. The molecule has 8 nitrogen and oxygen atoms in total. The molecule has 0 radical (unpaired) electrons. The second-order valence-electron chi connectivity index (χ2n) is 15.0. The summed E-state index contributed by atoms with van der Waals surface area (Å²) in [6.07, 6.45) is 6.42. The Labute approximate surface area is 363 Å². The van der Waals surface area contributed by atoms with E-state index in [4.69, 9.17) is 26.6 Å². The lowest BCUT2D eigenvalue weighted by Crippen LogP contribution is -2.52. The molecule has 12 heteroatoms. The molecule has 7 rings (SSSR count). The van der Waals surface area contributed by atoms with E-state index in [1.165, 1.54) is 6.07 Å². The van der Waals surface area contributed by atoms with Gasteiger partial charge in [0, 0.05) is 53.8 Å². The van der Waals surface area contributed by atoms with Crippen LogP contribution in [0.4, 0.5) is 19.1 Å². The van der Waals surface area contributed by atoms with Gasteiger partial charge in [0.15, 0.2) is 0 Å². The Bertz CT molecular complexity index is 2110. The number of halogens is 4. The smallest absolute Gasteiger partial charge is 0.416 e. The fourth-order valence-electron chi connectivity index (χ4n) is 7.86. The fourth-order valence-corrected chi connectivity index (χ4v) is 8.12. The quantitative estimate of drug-likeness (QED) is 0.0915. The molecule has 1 N–H and O–H groups in total. The molecule has 1 fully saturated rings. The number of aromatic nitrogens is 4.